The van der Waals surface area contributed by atoms with E-state index in [-0.39, 0.29) is 5.91 Å². The Balaban J connectivity index is 1.76. The highest BCUT2D eigenvalue weighted by Crippen LogP contribution is 2.37. The summed E-state index contributed by atoms with van der Waals surface area (Å²) in [5.41, 5.74) is 4.58. The van der Waals surface area contributed by atoms with Crippen LogP contribution in [0, 0.1) is 24.2 Å². The van der Waals surface area contributed by atoms with Gasteiger partial charge < -0.3 is 4.90 Å². The molecule has 1 atom stereocenters. The molecule has 0 aliphatic carbocycles. The van der Waals surface area contributed by atoms with E-state index >= 15 is 0 Å². The third kappa shape index (κ3) is 4.08. The van der Waals surface area contributed by atoms with E-state index in [2.05, 4.69) is 44.2 Å². The Morgan fingerprint density at radius 1 is 1.14 bits per heavy atom. The van der Waals surface area contributed by atoms with Crippen LogP contribution in [0.25, 0.3) is 21.7 Å². The van der Waals surface area contributed by atoms with Crippen molar-refractivity contribution in [2.75, 3.05) is 13.1 Å². The number of nitriles is 1. The van der Waals surface area contributed by atoms with E-state index < -0.39 is 0 Å². The third-order valence-electron chi connectivity index (χ3n) is 5.36. The van der Waals surface area contributed by atoms with Crippen LogP contribution in [-0.2, 0) is 0 Å². The van der Waals surface area contributed by atoms with Gasteiger partial charge in [0.15, 0.2) is 5.01 Å². The smallest absolute Gasteiger partial charge is 0.282 e. The highest BCUT2D eigenvalue weighted by molar-refractivity contribution is 7.17. The molecule has 29 heavy (non-hydrogen) atoms. The van der Waals surface area contributed by atoms with Crippen molar-refractivity contribution in [3.63, 3.8) is 0 Å². The van der Waals surface area contributed by atoms with Crippen LogP contribution in [0.5, 0.6) is 0 Å². The molecule has 146 valence electrons. The van der Waals surface area contributed by atoms with Gasteiger partial charge in [-0.05, 0) is 43.4 Å². The average Bonchev–Trinajstić information content (AvgIpc) is 3.19. The molecule has 0 spiro atoms. The molecule has 1 aliphatic rings. The minimum atomic E-state index is 0.0230. The summed E-state index contributed by atoms with van der Waals surface area (Å²) in [4.78, 5) is 20.9. The molecule has 0 saturated carbocycles. The lowest BCUT2D eigenvalue weighted by Gasteiger charge is -2.30. The largest absolute Gasteiger partial charge is 0.336 e. The van der Waals surface area contributed by atoms with Crippen molar-refractivity contribution in [1.82, 2.24) is 9.88 Å². The number of thiazole rings is 1. The summed E-state index contributed by atoms with van der Waals surface area (Å²) in [6.07, 6.45) is 2.22. The van der Waals surface area contributed by atoms with Crippen molar-refractivity contribution >= 4 is 17.2 Å². The van der Waals surface area contributed by atoms with E-state index in [0.717, 1.165) is 41.2 Å². The maximum Gasteiger partial charge on any atom is 0.282 e. The van der Waals surface area contributed by atoms with E-state index in [9.17, 15) is 4.79 Å². The highest BCUT2D eigenvalue weighted by atomic mass is 32.1. The van der Waals surface area contributed by atoms with Gasteiger partial charge in [0.2, 0.25) is 0 Å². The number of piperidine rings is 1. The Morgan fingerprint density at radius 3 is 2.48 bits per heavy atom. The van der Waals surface area contributed by atoms with Crippen LogP contribution in [0.15, 0.2) is 48.5 Å². The molecular formula is C24H23N3OS. The van der Waals surface area contributed by atoms with Crippen LogP contribution in [-0.4, -0.2) is 28.9 Å². The van der Waals surface area contributed by atoms with Crippen molar-refractivity contribution < 1.29 is 4.79 Å². The summed E-state index contributed by atoms with van der Waals surface area (Å²) in [5, 5.41) is 9.62. The quantitative estimate of drug-likeness (QED) is 0.580. The van der Waals surface area contributed by atoms with Gasteiger partial charge in [0.25, 0.3) is 5.91 Å². The monoisotopic (exact) mass is 401 g/mol. The molecule has 4 rings (SSSR count). The lowest BCUT2D eigenvalue weighted by Crippen LogP contribution is -2.39. The van der Waals surface area contributed by atoms with Crippen LogP contribution in [0.1, 0.15) is 40.7 Å². The number of nitrogens with zero attached hydrogens (tertiary/aromatic N) is 3. The van der Waals surface area contributed by atoms with Gasteiger partial charge in [-0.15, -0.1) is 11.3 Å². The summed E-state index contributed by atoms with van der Waals surface area (Å²) >= 11 is 1.46. The van der Waals surface area contributed by atoms with Crippen molar-refractivity contribution in [3.8, 4) is 27.8 Å². The van der Waals surface area contributed by atoms with Gasteiger partial charge in [-0.25, -0.2) is 4.98 Å². The molecule has 0 radical (unpaired) electrons. The second-order valence-electron chi connectivity index (χ2n) is 7.75. The first kappa shape index (κ1) is 19.4. The Morgan fingerprint density at radius 2 is 1.83 bits per heavy atom. The van der Waals surface area contributed by atoms with Gasteiger partial charge in [0, 0.05) is 18.7 Å². The standard InChI is InChI=1S/C24H23N3OS/c1-16-5-9-20(10-6-16)22-21(19-11-7-18(14-25)8-12-19)26-23(29-22)24(28)27-13-3-4-17(2)15-27/h5-12,17H,3-4,13,15H2,1-2H3/t17-/m1/s1. The number of benzene rings is 2. The molecule has 5 heteroatoms. The molecular weight excluding hydrogens is 378 g/mol. The molecule has 2 heterocycles. The maximum absolute atomic E-state index is 13.2. The van der Waals surface area contributed by atoms with Crippen LogP contribution < -0.4 is 0 Å². The molecule has 0 bridgehead atoms. The fourth-order valence-electron chi connectivity index (χ4n) is 3.72. The Kier molecular flexibility index (Phi) is 5.46. The molecule has 3 aromatic rings. The second kappa shape index (κ2) is 8.18. The fraction of sp³-hybridized carbons (Fsp3) is 0.292. The van der Waals surface area contributed by atoms with Gasteiger partial charge in [0.1, 0.15) is 0 Å². The predicted octanol–water partition coefficient (Wildman–Crippen LogP) is 5.53. The number of amides is 1. The zero-order valence-corrected chi connectivity index (χ0v) is 17.5. The zero-order chi connectivity index (χ0) is 20.4. The van der Waals surface area contributed by atoms with Crippen molar-refractivity contribution in [2.24, 2.45) is 5.92 Å². The number of carbonyl (C=O) groups excluding carboxylic acids is 1. The minimum absolute atomic E-state index is 0.0230. The molecule has 1 saturated heterocycles. The van der Waals surface area contributed by atoms with Crippen LogP contribution in [0.3, 0.4) is 0 Å². The first-order valence-corrected chi connectivity index (χ1v) is 10.7. The predicted molar refractivity (Wildman–Crippen MR) is 117 cm³/mol. The summed E-state index contributed by atoms with van der Waals surface area (Å²) in [7, 11) is 0. The lowest BCUT2D eigenvalue weighted by molar-refractivity contribution is 0.0682. The van der Waals surface area contributed by atoms with Gasteiger partial charge >= 0.3 is 0 Å². The molecule has 2 aromatic carbocycles. The lowest BCUT2D eigenvalue weighted by atomic mass is 10.0. The molecule has 1 aromatic heterocycles. The van der Waals surface area contributed by atoms with Gasteiger partial charge in [-0.3, -0.25) is 4.79 Å². The first-order valence-electron chi connectivity index (χ1n) is 9.93. The number of likely N-dealkylation sites (tertiary alicyclic amines) is 1. The average molecular weight is 402 g/mol. The Labute approximate surface area is 175 Å². The number of carbonyl (C=O) groups is 1. The van der Waals surface area contributed by atoms with Gasteiger partial charge in [-0.2, -0.15) is 5.26 Å². The Hall–Kier alpha value is -2.97. The highest BCUT2D eigenvalue weighted by Gasteiger charge is 2.26. The fourth-order valence-corrected chi connectivity index (χ4v) is 4.78. The third-order valence-corrected chi connectivity index (χ3v) is 6.45. The van der Waals surface area contributed by atoms with Crippen LogP contribution in [0.4, 0.5) is 0 Å². The summed E-state index contributed by atoms with van der Waals surface area (Å²) in [6, 6.07) is 17.8. The topological polar surface area (TPSA) is 57.0 Å². The second-order valence-corrected chi connectivity index (χ2v) is 8.75. The molecule has 1 amide bonds. The zero-order valence-electron chi connectivity index (χ0n) is 16.7. The van der Waals surface area contributed by atoms with Crippen LogP contribution in [0.2, 0.25) is 0 Å². The number of hydrogen-bond acceptors (Lipinski definition) is 4. The molecule has 1 aliphatic heterocycles. The van der Waals surface area contributed by atoms with E-state index in [1.54, 1.807) is 12.1 Å². The number of aryl methyl sites for hydroxylation is 1. The SMILES string of the molecule is Cc1ccc(-c2sc(C(=O)N3CCC[C@@H](C)C3)nc2-c2ccc(C#N)cc2)cc1. The first-order chi connectivity index (χ1) is 14.0. The summed E-state index contributed by atoms with van der Waals surface area (Å²) in [5.74, 6) is 0.553. The van der Waals surface area contributed by atoms with E-state index in [4.69, 9.17) is 10.2 Å². The van der Waals surface area contributed by atoms with Gasteiger partial charge in [0.05, 0.1) is 22.2 Å². The van der Waals surface area contributed by atoms with Crippen LogP contribution >= 0.6 is 11.3 Å². The number of hydrogen-bond donors (Lipinski definition) is 0. The number of rotatable bonds is 3. The molecule has 4 nitrogen and oxygen atoms in total. The summed E-state index contributed by atoms with van der Waals surface area (Å²) < 4.78 is 0. The minimum Gasteiger partial charge on any atom is -0.336 e. The van der Waals surface area contributed by atoms with E-state index in [0.29, 0.717) is 16.5 Å². The normalized spacial score (nSPS) is 16.4. The summed E-state index contributed by atoms with van der Waals surface area (Å²) in [6.45, 7) is 5.85. The Bertz CT molecular complexity index is 1060. The van der Waals surface area contributed by atoms with Crippen molar-refractivity contribution in [2.45, 2.75) is 26.7 Å². The van der Waals surface area contributed by atoms with Crippen molar-refractivity contribution in [1.29, 1.82) is 5.26 Å². The molecule has 0 N–H and O–H groups in total. The van der Waals surface area contributed by atoms with Crippen molar-refractivity contribution in [3.05, 3.63) is 64.7 Å². The van der Waals surface area contributed by atoms with Gasteiger partial charge in [-0.1, -0.05) is 48.9 Å². The maximum atomic E-state index is 13.2. The molecule has 1 fully saturated rings. The van der Waals surface area contributed by atoms with E-state index in [1.807, 2.05) is 17.0 Å². The van der Waals surface area contributed by atoms with E-state index in [1.165, 1.54) is 23.3 Å². The number of aromatic nitrogens is 1. The molecule has 0 unspecified atom stereocenters.